The SMILES string of the molecule is O=C(O)[C@@H]1CCCN1C(=O)c1ccc([N+](=O)[O-])cc1. The van der Waals surface area contributed by atoms with Gasteiger partial charge in [-0.25, -0.2) is 4.79 Å². The molecule has 0 aromatic heterocycles. The van der Waals surface area contributed by atoms with Gasteiger partial charge < -0.3 is 10.0 Å². The van der Waals surface area contributed by atoms with Gasteiger partial charge in [0.25, 0.3) is 11.6 Å². The van der Waals surface area contributed by atoms with Crippen molar-refractivity contribution in [3.63, 3.8) is 0 Å². The van der Waals surface area contributed by atoms with Crippen molar-refractivity contribution in [1.29, 1.82) is 0 Å². The van der Waals surface area contributed by atoms with E-state index in [9.17, 15) is 19.7 Å². The first kappa shape index (κ1) is 13.0. The molecule has 0 radical (unpaired) electrons. The number of non-ortho nitro benzene ring substituents is 1. The molecule has 0 spiro atoms. The molecule has 1 atom stereocenters. The van der Waals surface area contributed by atoms with Crippen molar-refractivity contribution in [3.8, 4) is 0 Å². The lowest BCUT2D eigenvalue weighted by Crippen LogP contribution is -2.40. The van der Waals surface area contributed by atoms with E-state index < -0.39 is 22.8 Å². The van der Waals surface area contributed by atoms with Crippen molar-refractivity contribution in [1.82, 2.24) is 4.90 Å². The van der Waals surface area contributed by atoms with Crippen LogP contribution in [0, 0.1) is 10.1 Å². The van der Waals surface area contributed by atoms with Crippen LogP contribution >= 0.6 is 0 Å². The van der Waals surface area contributed by atoms with Crippen LogP contribution in [0.15, 0.2) is 24.3 Å². The average molecular weight is 264 g/mol. The molecule has 1 aromatic carbocycles. The quantitative estimate of drug-likeness (QED) is 0.654. The van der Waals surface area contributed by atoms with E-state index in [2.05, 4.69) is 0 Å². The maximum absolute atomic E-state index is 12.1. The number of carbonyl (C=O) groups is 2. The van der Waals surface area contributed by atoms with Crippen LogP contribution in [0.1, 0.15) is 23.2 Å². The summed E-state index contributed by atoms with van der Waals surface area (Å²) in [6.45, 7) is 0.396. The fourth-order valence-electron chi connectivity index (χ4n) is 2.16. The smallest absolute Gasteiger partial charge is 0.326 e. The Morgan fingerprint density at radius 3 is 2.47 bits per heavy atom. The summed E-state index contributed by atoms with van der Waals surface area (Å²) in [6, 6.07) is 4.36. The maximum atomic E-state index is 12.1. The molecule has 1 heterocycles. The number of amides is 1. The second-order valence-corrected chi connectivity index (χ2v) is 4.30. The molecule has 0 bridgehead atoms. The molecule has 0 saturated carbocycles. The van der Waals surface area contributed by atoms with Crippen LogP contribution in [-0.4, -0.2) is 39.4 Å². The van der Waals surface area contributed by atoms with E-state index in [1.54, 1.807) is 0 Å². The zero-order chi connectivity index (χ0) is 14.0. The molecule has 100 valence electrons. The fraction of sp³-hybridized carbons (Fsp3) is 0.333. The predicted octanol–water partition coefficient (Wildman–Crippen LogP) is 1.28. The molecular weight excluding hydrogens is 252 g/mol. The predicted molar refractivity (Wildman–Crippen MR) is 64.8 cm³/mol. The molecule has 2 rings (SSSR count). The Morgan fingerprint density at radius 1 is 1.32 bits per heavy atom. The van der Waals surface area contributed by atoms with Gasteiger partial charge in [0.15, 0.2) is 0 Å². The summed E-state index contributed by atoms with van der Waals surface area (Å²) in [5, 5.41) is 19.5. The third-order valence-electron chi connectivity index (χ3n) is 3.12. The molecule has 7 heteroatoms. The lowest BCUT2D eigenvalue weighted by atomic mass is 10.1. The Kier molecular flexibility index (Phi) is 3.46. The molecule has 1 N–H and O–H groups in total. The number of carbonyl (C=O) groups excluding carboxylic acids is 1. The second kappa shape index (κ2) is 5.05. The van der Waals surface area contributed by atoms with Gasteiger partial charge in [-0.1, -0.05) is 0 Å². The zero-order valence-corrected chi connectivity index (χ0v) is 9.98. The first-order chi connectivity index (χ1) is 9.00. The Morgan fingerprint density at radius 2 is 1.95 bits per heavy atom. The van der Waals surface area contributed by atoms with Crippen molar-refractivity contribution in [2.75, 3.05) is 6.54 Å². The van der Waals surface area contributed by atoms with Crippen molar-refractivity contribution in [3.05, 3.63) is 39.9 Å². The summed E-state index contributed by atoms with van der Waals surface area (Å²) in [5.41, 5.74) is 0.159. The van der Waals surface area contributed by atoms with Crippen LogP contribution in [0.25, 0.3) is 0 Å². The van der Waals surface area contributed by atoms with Gasteiger partial charge in [0, 0.05) is 24.2 Å². The third-order valence-corrected chi connectivity index (χ3v) is 3.12. The molecule has 7 nitrogen and oxygen atoms in total. The van der Waals surface area contributed by atoms with Gasteiger partial charge in [0.1, 0.15) is 6.04 Å². The third kappa shape index (κ3) is 2.54. The van der Waals surface area contributed by atoms with E-state index in [0.29, 0.717) is 19.4 Å². The number of aliphatic carboxylic acids is 1. The maximum Gasteiger partial charge on any atom is 0.326 e. The molecule has 1 saturated heterocycles. The molecule has 1 amide bonds. The Labute approximate surface area is 108 Å². The summed E-state index contributed by atoms with van der Waals surface area (Å²) >= 11 is 0. The van der Waals surface area contributed by atoms with E-state index in [1.165, 1.54) is 29.2 Å². The molecule has 1 aliphatic rings. The number of carboxylic acid groups (broad SMARTS) is 1. The van der Waals surface area contributed by atoms with Crippen LogP contribution in [0.5, 0.6) is 0 Å². The van der Waals surface area contributed by atoms with Crippen molar-refractivity contribution < 1.29 is 19.6 Å². The second-order valence-electron chi connectivity index (χ2n) is 4.30. The molecule has 1 aromatic rings. The number of rotatable bonds is 3. The standard InChI is InChI=1S/C12H12N2O5/c15-11(13-7-1-2-10(13)12(16)17)8-3-5-9(6-4-8)14(18)19/h3-6,10H,1-2,7H2,(H,16,17)/t10-/m0/s1. The van der Waals surface area contributed by atoms with Crippen LogP contribution in [-0.2, 0) is 4.79 Å². The van der Waals surface area contributed by atoms with Crippen molar-refractivity contribution in [2.24, 2.45) is 0 Å². The van der Waals surface area contributed by atoms with Gasteiger partial charge in [-0.05, 0) is 25.0 Å². The first-order valence-electron chi connectivity index (χ1n) is 5.79. The van der Waals surface area contributed by atoms with Gasteiger partial charge in [-0.15, -0.1) is 0 Å². The number of likely N-dealkylation sites (tertiary alicyclic amines) is 1. The van der Waals surface area contributed by atoms with Gasteiger partial charge in [-0.3, -0.25) is 14.9 Å². The largest absolute Gasteiger partial charge is 0.480 e. The average Bonchev–Trinajstić information content (AvgIpc) is 2.87. The highest BCUT2D eigenvalue weighted by atomic mass is 16.6. The highest BCUT2D eigenvalue weighted by Crippen LogP contribution is 2.21. The zero-order valence-electron chi connectivity index (χ0n) is 9.98. The van der Waals surface area contributed by atoms with Gasteiger partial charge in [-0.2, -0.15) is 0 Å². The van der Waals surface area contributed by atoms with Gasteiger partial charge >= 0.3 is 5.97 Å². The minimum Gasteiger partial charge on any atom is -0.480 e. The highest BCUT2D eigenvalue weighted by molar-refractivity contribution is 5.97. The molecule has 1 aliphatic heterocycles. The van der Waals surface area contributed by atoms with Crippen molar-refractivity contribution >= 4 is 17.6 Å². The number of nitro groups is 1. The minimum atomic E-state index is -1.02. The van der Waals surface area contributed by atoms with E-state index >= 15 is 0 Å². The number of hydrogen-bond donors (Lipinski definition) is 1. The molecular formula is C12H12N2O5. The van der Waals surface area contributed by atoms with E-state index in [4.69, 9.17) is 5.11 Å². The van der Waals surface area contributed by atoms with Crippen LogP contribution < -0.4 is 0 Å². The van der Waals surface area contributed by atoms with E-state index in [1.807, 2.05) is 0 Å². The summed E-state index contributed by atoms with van der Waals surface area (Å²) in [4.78, 5) is 34.4. The van der Waals surface area contributed by atoms with Gasteiger partial charge in [0.05, 0.1) is 4.92 Å². The molecule has 0 aliphatic carbocycles. The van der Waals surface area contributed by atoms with Crippen LogP contribution in [0.4, 0.5) is 5.69 Å². The lowest BCUT2D eigenvalue weighted by Gasteiger charge is -2.21. The number of nitro benzene ring substituents is 1. The van der Waals surface area contributed by atoms with Crippen molar-refractivity contribution in [2.45, 2.75) is 18.9 Å². The first-order valence-corrected chi connectivity index (χ1v) is 5.79. The van der Waals surface area contributed by atoms with E-state index in [-0.39, 0.29) is 11.3 Å². The fourth-order valence-corrected chi connectivity index (χ4v) is 2.16. The topological polar surface area (TPSA) is 101 Å². The highest BCUT2D eigenvalue weighted by Gasteiger charge is 2.34. The normalized spacial score (nSPS) is 18.3. The minimum absolute atomic E-state index is 0.104. The number of hydrogen-bond acceptors (Lipinski definition) is 4. The summed E-state index contributed by atoms with van der Waals surface area (Å²) in [6.07, 6.45) is 1.09. The van der Waals surface area contributed by atoms with Crippen LogP contribution in [0.3, 0.4) is 0 Å². The summed E-state index contributed by atoms with van der Waals surface area (Å²) in [5.74, 6) is -1.42. The monoisotopic (exact) mass is 264 g/mol. The molecule has 0 unspecified atom stereocenters. The Balaban J connectivity index is 2.19. The van der Waals surface area contributed by atoms with Crippen LogP contribution in [0.2, 0.25) is 0 Å². The molecule has 19 heavy (non-hydrogen) atoms. The van der Waals surface area contributed by atoms with Gasteiger partial charge in [0.2, 0.25) is 0 Å². The molecule has 1 fully saturated rings. The summed E-state index contributed by atoms with van der Waals surface area (Å²) < 4.78 is 0. The number of benzene rings is 1. The number of nitrogens with zero attached hydrogens (tertiary/aromatic N) is 2. The summed E-state index contributed by atoms with van der Waals surface area (Å²) in [7, 11) is 0. The lowest BCUT2D eigenvalue weighted by molar-refractivity contribution is -0.384. The Hall–Kier alpha value is -2.44. The van der Waals surface area contributed by atoms with E-state index in [0.717, 1.165) is 0 Å². The number of carboxylic acids is 1. The Bertz CT molecular complexity index is 525.